The number of carbonyl (C=O) groups is 2. The molecule has 0 fully saturated rings. The molecule has 1 atom stereocenters. The minimum absolute atomic E-state index is 0.164. The summed E-state index contributed by atoms with van der Waals surface area (Å²) in [5.41, 5.74) is 5.35. The molecule has 2 aromatic heterocycles. The van der Waals surface area contributed by atoms with Gasteiger partial charge in [-0.25, -0.2) is 14.1 Å². The standard InChI is InChI=1S/C29H27ClFN5O3/c30-26-21-7-8-24-28(26)33-34-36(24)10-3-1-2-4-17-12-23(31)27(32-15-17)29(39)35-11-9-18-5-6-19(13-20(18)16-35)22(21)14-25(37)38/h5-8,12-13,15,22H,1-4,9-11,14,16H2,(H,37,38). The Balaban J connectivity index is 1.45. The number of nitrogens with zero attached hydrogens (tertiary/aromatic N) is 5. The topological polar surface area (TPSA) is 101 Å². The van der Waals surface area contributed by atoms with Gasteiger partial charge in [0.1, 0.15) is 5.52 Å². The molecular weight excluding hydrogens is 521 g/mol. The molecular formula is C29H27ClFN5O3. The molecule has 4 aromatic rings. The number of hydrogen-bond acceptors (Lipinski definition) is 5. The number of rotatable bonds is 2. The Morgan fingerprint density at radius 2 is 1.95 bits per heavy atom. The van der Waals surface area contributed by atoms with Gasteiger partial charge in [0.05, 0.1) is 17.0 Å². The molecule has 1 unspecified atom stereocenters. The van der Waals surface area contributed by atoms with Gasteiger partial charge < -0.3 is 10.0 Å². The predicted molar refractivity (Wildman–Crippen MR) is 143 cm³/mol. The second-order valence-electron chi connectivity index (χ2n) is 10.3. The molecule has 0 saturated carbocycles. The average Bonchev–Trinajstić information content (AvgIpc) is 3.34. The highest BCUT2D eigenvalue weighted by Gasteiger charge is 2.28. The number of aromatic nitrogens is 4. The number of aryl methyl sites for hydroxylation is 2. The third-order valence-corrected chi connectivity index (χ3v) is 8.17. The van der Waals surface area contributed by atoms with Crippen LogP contribution >= 0.6 is 11.6 Å². The van der Waals surface area contributed by atoms with Gasteiger partial charge in [-0.2, -0.15) is 0 Å². The number of amides is 1. The number of carboxylic acid groups (broad SMARTS) is 1. The SMILES string of the molecule is O=C(O)CC1c2ccc3c(c2)CN(CC3)C(=O)c2ncc(cc2F)CCCCCn2nnc3c(Cl)c1ccc32. The van der Waals surface area contributed by atoms with Gasteiger partial charge in [0, 0.05) is 31.7 Å². The summed E-state index contributed by atoms with van der Waals surface area (Å²) in [4.78, 5) is 31.0. The van der Waals surface area contributed by atoms with Crippen molar-refractivity contribution < 1.29 is 19.1 Å². The molecule has 0 radical (unpaired) electrons. The molecule has 5 aliphatic rings. The van der Waals surface area contributed by atoms with E-state index in [1.165, 1.54) is 6.07 Å². The van der Waals surface area contributed by atoms with Gasteiger partial charge in [-0.1, -0.05) is 47.5 Å². The van der Waals surface area contributed by atoms with Crippen LogP contribution < -0.4 is 0 Å². The molecule has 0 saturated heterocycles. The van der Waals surface area contributed by atoms with E-state index in [4.69, 9.17) is 11.6 Å². The minimum Gasteiger partial charge on any atom is -0.481 e. The molecule has 5 aliphatic heterocycles. The monoisotopic (exact) mass is 547 g/mol. The Kier molecular flexibility index (Phi) is 6.76. The van der Waals surface area contributed by atoms with Gasteiger partial charge in [-0.05, 0) is 65.6 Å². The molecule has 9 bridgehead atoms. The molecule has 0 spiro atoms. The maximum absolute atomic E-state index is 15.0. The molecule has 0 aliphatic carbocycles. The number of carboxylic acids is 1. The Morgan fingerprint density at radius 3 is 2.77 bits per heavy atom. The first kappa shape index (κ1) is 25.4. The first-order chi connectivity index (χ1) is 18.9. The van der Waals surface area contributed by atoms with Crippen LogP contribution in [0.25, 0.3) is 11.0 Å². The summed E-state index contributed by atoms with van der Waals surface area (Å²) in [6, 6.07) is 11.0. The second-order valence-corrected chi connectivity index (χ2v) is 10.7. The van der Waals surface area contributed by atoms with E-state index in [0.717, 1.165) is 47.0 Å². The summed E-state index contributed by atoms with van der Waals surface area (Å²) in [7, 11) is 0. The van der Waals surface area contributed by atoms with E-state index in [1.807, 2.05) is 35.0 Å². The second kappa shape index (κ2) is 10.4. The van der Waals surface area contributed by atoms with Crippen LogP contribution in [0.5, 0.6) is 0 Å². The van der Waals surface area contributed by atoms with Gasteiger partial charge in [-0.3, -0.25) is 9.59 Å². The van der Waals surface area contributed by atoms with E-state index in [9.17, 15) is 19.1 Å². The van der Waals surface area contributed by atoms with Gasteiger partial charge >= 0.3 is 5.97 Å². The highest BCUT2D eigenvalue weighted by atomic mass is 35.5. The fourth-order valence-electron chi connectivity index (χ4n) is 5.69. The largest absolute Gasteiger partial charge is 0.481 e. The normalized spacial score (nSPS) is 17.7. The van der Waals surface area contributed by atoms with Crippen LogP contribution in [0.3, 0.4) is 0 Å². The zero-order valence-electron chi connectivity index (χ0n) is 21.2. The average molecular weight is 548 g/mol. The van der Waals surface area contributed by atoms with Crippen LogP contribution in [-0.2, 0) is 30.7 Å². The van der Waals surface area contributed by atoms with E-state index < -0.39 is 23.6 Å². The summed E-state index contributed by atoms with van der Waals surface area (Å²) in [5.74, 6) is -2.53. The van der Waals surface area contributed by atoms with Crippen molar-refractivity contribution in [3.05, 3.63) is 86.9 Å². The summed E-state index contributed by atoms with van der Waals surface area (Å²) in [6.07, 6.45) is 5.28. The van der Waals surface area contributed by atoms with Gasteiger partial charge in [-0.15, -0.1) is 5.10 Å². The first-order valence-electron chi connectivity index (χ1n) is 13.2. The third-order valence-electron chi connectivity index (χ3n) is 7.78. The lowest BCUT2D eigenvalue weighted by Gasteiger charge is -2.30. The smallest absolute Gasteiger partial charge is 0.304 e. The van der Waals surface area contributed by atoms with Crippen molar-refractivity contribution in [3.8, 4) is 0 Å². The zero-order valence-corrected chi connectivity index (χ0v) is 22.0. The van der Waals surface area contributed by atoms with Crippen molar-refractivity contribution in [1.82, 2.24) is 24.9 Å². The highest BCUT2D eigenvalue weighted by molar-refractivity contribution is 6.35. The predicted octanol–water partition coefficient (Wildman–Crippen LogP) is 5.15. The first-order valence-corrected chi connectivity index (χ1v) is 13.6. The van der Waals surface area contributed by atoms with E-state index in [-0.39, 0.29) is 18.7 Å². The number of aliphatic carboxylic acids is 1. The van der Waals surface area contributed by atoms with Gasteiger partial charge in [0.25, 0.3) is 5.91 Å². The maximum Gasteiger partial charge on any atom is 0.304 e. The van der Waals surface area contributed by atoms with Crippen LogP contribution in [0.15, 0.2) is 42.6 Å². The number of pyridine rings is 1. The van der Waals surface area contributed by atoms with Crippen LogP contribution in [-0.4, -0.2) is 48.4 Å². The molecule has 9 rings (SSSR count). The zero-order chi connectivity index (χ0) is 27.1. The third kappa shape index (κ3) is 4.87. The molecule has 1 amide bonds. The molecule has 2 aromatic carbocycles. The van der Waals surface area contributed by atoms with E-state index in [2.05, 4.69) is 15.3 Å². The quantitative estimate of drug-likeness (QED) is 0.372. The summed E-state index contributed by atoms with van der Waals surface area (Å²) in [5, 5.41) is 18.8. The number of benzene rings is 2. The molecule has 10 heteroatoms. The van der Waals surface area contributed by atoms with Gasteiger partial charge in [0.15, 0.2) is 11.5 Å². The minimum atomic E-state index is -0.954. The van der Waals surface area contributed by atoms with Crippen LogP contribution in [0.4, 0.5) is 4.39 Å². The van der Waals surface area contributed by atoms with Crippen LogP contribution in [0, 0.1) is 5.82 Å². The van der Waals surface area contributed by atoms with E-state index >= 15 is 0 Å². The number of hydrogen-bond donors (Lipinski definition) is 1. The van der Waals surface area contributed by atoms with E-state index in [0.29, 0.717) is 42.0 Å². The Labute approximate surface area is 229 Å². The lowest BCUT2D eigenvalue weighted by atomic mass is 9.85. The molecule has 1 N–H and O–H groups in total. The summed E-state index contributed by atoms with van der Waals surface area (Å²) < 4.78 is 16.8. The van der Waals surface area contributed by atoms with Gasteiger partial charge in [0.2, 0.25) is 0 Å². The Bertz CT molecular complexity index is 1600. The summed E-state index contributed by atoms with van der Waals surface area (Å²) >= 11 is 6.85. The maximum atomic E-state index is 15.0. The van der Waals surface area contributed by atoms with Crippen molar-refractivity contribution in [2.24, 2.45) is 0 Å². The molecule has 200 valence electrons. The van der Waals surface area contributed by atoms with Crippen LogP contribution in [0.2, 0.25) is 5.02 Å². The Hall–Kier alpha value is -3.85. The number of halogens is 2. The fraction of sp³-hybridized carbons (Fsp3) is 0.345. The van der Waals surface area contributed by atoms with Crippen molar-refractivity contribution in [1.29, 1.82) is 0 Å². The van der Waals surface area contributed by atoms with Crippen molar-refractivity contribution in [3.63, 3.8) is 0 Å². The number of carbonyl (C=O) groups excluding carboxylic acids is 1. The van der Waals surface area contributed by atoms with Crippen molar-refractivity contribution >= 4 is 34.5 Å². The highest BCUT2D eigenvalue weighted by Crippen LogP contribution is 2.38. The van der Waals surface area contributed by atoms with Crippen molar-refractivity contribution in [2.45, 2.75) is 57.5 Å². The summed E-state index contributed by atoms with van der Waals surface area (Å²) in [6.45, 7) is 1.38. The molecule has 39 heavy (non-hydrogen) atoms. The lowest BCUT2D eigenvalue weighted by Crippen LogP contribution is -2.37. The fourth-order valence-corrected chi connectivity index (χ4v) is 6.02. The van der Waals surface area contributed by atoms with E-state index in [1.54, 1.807) is 11.1 Å². The van der Waals surface area contributed by atoms with Crippen LogP contribution in [0.1, 0.15) is 69.9 Å². The molecule has 7 heterocycles. The lowest BCUT2D eigenvalue weighted by molar-refractivity contribution is -0.137. The Morgan fingerprint density at radius 1 is 1.08 bits per heavy atom. The van der Waals surface area contributed by atoms with Crippen molar-refractivity contribution in [2.75, 3.05) is 6.54 Å². The molecule has 8 nitrogen and oxygen atoms in total.